The molecule has 0 aliphatic rings. The third-order valence-electron chi connectivity index (χ3n) is 3.35. The molecule has 0 aliphatic carbocycles. The van der Waals surface area contributed by atoms with Gasteiger partial charge in [0.15, 0.2) is 0 Å². The molecule has 0 spiro atoms. The molecule has 0 bridgehead atoms. The number of aliphatic hydroxyl groups excluding tert-OH is 1. The zero-order valence-corrected chi connectivity index (χ0v) is 10.7. The van der Waals surface area contributed by atoms with Gasteiger partial charge < -0.3 is 14.8 Å². The number of hydrogen-bond acceptors (Lipinski definition) is 3. The molecule has 2 rings (SSSR count). The highest BCUT2D eigenvalue weighted by Gasteiger charge is 2.20. The van der Waals surface area contributed by atoms with Gasteiger partial charge in [-0.25, -0.2) is 4.39 Å². The van der Waals surface area contributed by atoms with Crippen LogP contribution in [0.5, 0.6) is 0 Å². The zero-order valence-electron chi connectivity index (χ0n) is 10.7. The van der Waals surface area contributed by atoms with E-state index in [-0.39, 0.29) is 18.0 Å². The molecular formula is C14H18FNO2. The molecule has 0 radical (unpaired) electrons. The topological polar surface area (TPSA) is 45.4 Å². The van der Waals surface area contributed by atoms with Crippen LogP contribution in [-0.4, -0.2) is 17.3 Å². The Hall–Kier alpha value is -1.39. The molecule has 4 heteroatoms. The summed E-state index contributed by atoms with van der Waals surface area (Å²) in [6, 6.07) is 6.28. The minimum absolute atomic E-state index is 0.0678. The van der Waals surface area contributed by atoms with Gasteiger partial charge in [0.1, 0.15) is 17.2 Å². The molecule has 2 aromatic rings. The summed E-state index contributed by atoms with van der Waals surface area (Å²) in [5.41, 5.74) is 0.361. The van der Waals surface area contributed by atoms with Gasteiger partial charge in [-0.2, -0.15) is 0 Å². The normalized spacial score (nSPS) is 14.9. The number of furan rings is 1. The number of hydrogen-bond donors (Lipinski definition) is 2. The zero-order chi connectivity index (χ0) is 13.2. The molecular weight excluding hydrogens is 233 g/mol. The maximum absolute atomic E-state index is 13.0. The predicted octanol–water partition coefficient (Wildman–Crippen LogP) is 2.82. The molecule has 1 aromatic carbocycles. The number of fused-ring (bicyclic) bond motifs is 1. The highest BCUT2D eigenvalue weighted by atomic mass is 19.1. The van der Waals surface area contributed by atoms with Gasteiger partial charge in [-0.15, -0.1) is 0 Å². The predicted molar refractivity (Wildman–Crippen MR) is 68.8 cm³/mol. The number of rotatable bonds is 5. The fraction of sp³-hybridized carbons (Fsp3) is 0.429. The summed E-state index contributed by atoms with van der Waals surface area (Å²) in [4.78, 5) is 0. The molecule has 0 amide bonds. The second-order valence-electron chi connectivity index (χ2n) is 4.82. The molecule has 1 atom stereocenters. The number of halogens is 1. The second kappa shape index (κ2) is 5.08. The van der Waals surface area contributed by atoms with Crippen molar-refractivity contribution in [2.75, 3.05) is 6.61 Å². The molecule has 3 nitrogen and oxygen atoms in total. The molecule has 2 N–H and O–H groups in total. The molecule has 98 valence electrons. The molecule has 0 saturated carbocycles. The van der Waals surface area contributed by atoms with Crippen molar-refractivity contribution < 1.29 is 13.9 Å². The van der Waals surface area contributed by atoms with Crippen molar-refractivity contribution in [3.63, 3.8) is 0 Å². The van der Waals surface area contributed by atoms with Crippen LogP contribution in [0.4, 0.5) is 4.39 Å². The SMILES string of the molecule is CCC(C)(CO)NCc1cc2cc(F)ccc2o1. The van der Waals surface area contributed by atoms with E-state index in [1.807, 2.05) is 19.9 Å². The largest absolute Gasteiger partial charge is 0.460 e. The Morgan fingerprint density at radius 3 is 2.83 bits per heavy atom. The highest BCUT2D eigenvalue weighted by Crippen LogP contribution is 2.21. The number of nitrogens with one attached hydrogen (secondary N) is 1. The van der Waals surface area contributed by atoms with E-state index in [9.17, 15) is 9.50 Å². The van der Waals surface area contributed by atoms with Crippen molar-refractivity contribution >= 4 is 11.0 Å². The van der Waals surface area contributed by atoms with Crippen LogP contribution >= 0.6 is 0 Å². The van der Waals surface area contributed by atoms with Crippen molar-refractivity contribution in [3.8, 4) is 0 Å². The van der Waals surface area contributed by atoms with Crippen LogP contribution in [0.1, 0.15) is 26.0 Å². The van der Waals surface area contributed by atoms with Crippen LogP contribution in [0.2, 0.25) is 0 Å². The minimum atomic E-state index is -0.315. The van der Waals surface area contributed by atoms with Crippen molar-refractivity contribution in [2.45, 2.75) is 32.4 Å². The fourth-order valence-electron chi connectivity index (χ4n) is 1.75. The quantitative estimate of drug-likeness (QED) is 0.859. The van der Waals surface area contributed by atoms with Crippen LogP contribution in [0, 0.1) is 5.82 Å². The summed E-state index contributed by atoms with van der Waals surface area (Å²) in [5.74, 6) is 0.472. The average Bonchev–Trinajstić information content (AvgIpc) is 2.78. The molecule has 0 fully saturated rings. The maximum atomic E-state index is 13.0. The van der Waals surface area contributed by atoms with Gasteiger partial charge in [-0.05, 0) is 37.6 Å². The van der Waals surface area contributed by atoms with E-state index in [4.69, 9.17) is 4.42 Å². The maximum Gasteiger partial charge on any atom is 0.134 e. The summed E-state index contributed by atoms with van der Waals surface area (Å²) >= 11 is 0. The third kappa shape index (κ3) is 2.71. The van der Waals surface area contributed by atoms with Crippen LogP contribution in [0.3, 0.4) is 0 Å². The van der Waals surface area contributed by atoms with Crippen LogP contribution in [0.15, 0.2) is 28.7 Å². The summed E-state index contributed by atoms with van der Waals surface area (Å²) in [7, 11) is 0. The summed E-state index contributed by atoms with van der Waals surface area (Å²) < 4.78 is 18.6. The number of aliphatic hydroxyl groups is 1. The van der Waals surface area contributed by atoms with E-state index in [2.05, 4.69) is 5.32 Å². The fourth-order valence-corrected chi connectivity index (χ4v) is 1.75. The monoisotopic (exact) mass is 251 g/mol. The molecule has 0 saturated heterocycles. The minimum Gasteiger partial charge on any atom is -0.460 e. The Kier molecular flexibility index (Phi) is 3.68. The van der Waals surface area contributed by atoms with Crippen molar-refractivity contribution in [2.24, 2.45) is 0 Å². The lowest BCUT2D eigenvalue weighted by Gasteiger charge is -2.26. The first-order valence-electron chi connectivity index (χ1n) is 6.10. The van der Waals surface area contributed by atoms with E-state index in [0.717, 1.165) is 17.6 Å². The summed E-state index contributed by atoms with van der Waals surface area (Å²) in [6.45, 7) is 4.55. The first kappa shape index (κ1) is 13.1. The Balaban J connectivity index is 2.13. The first-order chi connectivity index (χ1) is 8.56. The lowest BCUT2D eigenvalue weighted by molar-refractivity contribution is 0.166. The van der Waals surface area contributed by atoms with Gasteiger partial charge in [0, 0.05) is 10.9 Å². The van der Waals surface area contributed by atoms with Gasteiger partial charge in [-0.1, -0.05) is 6.92 Å². The Morgan fingerprint density at radius 1 is 1.39 bits per heavy atom. The summed E-state index contributed by atoms with van der Waals surface area (Å²) in [6.07, 6.45) is 0.818. The van der Waals surface area contributed by atoms with Crippen molar-refractivity contribution in [1.82, 2.24) is 5.32 Å². The lowest BCUT2D eigenvalue weighted by atomic mass is 10.0. The van der Waals surface area contributed by atoms with E-state index >= 15 is 0 Å². The standard InChI is InChI=1S/C14H18FNO2/c1-3-14(2,9-17)16-8-12-7-10-6-11(15)4-5-13(10)18-12/h4-7,16-17H,3,8-9H2,1-2H3. The van der Waals surface area contributed by atoms with E-state index in [0.29, 0.717) is 12.1 Å². The van der Waals surface area contributed by atoms with Gasteiger partial charge in [-0.3, -0.25) is 0 Å². The van der Waals surface area contributed by atoms with E-state index in [1.165, 1.54) is 12.1 Å². The van der Waals surface area contributed by atoms with E-state index < -0.39 is 0 Å². The van der Waals surface area contributed by atoms with Crippen LogP contribution in [-0.2, 0) is 6.54 Å². The van der Waals surface area contributed by atoms with Gasteiger partial charge in [0.25, 0.3) is 0 Å². The molecule has 1 unspecified atom stereocenters. The summed E-state index contributed by atoms with van der Waals surface area (Å²) in [5, 5.41) is 13.3. The Bertz CT molecular complexity index is 532. The van der Waals surface area contributed by atoms with Crippen molar-refractivity contribution in [1.29, 1.82) is 0 Å². The molecule has 0 aliphatic heterocycles. The Labute approximate surface area is 106 Å². The molecule has 1 aromatic heterocycles. The van der Waals surface area contributed by atoms with Crippen LogP contribution < -0.4 is 5.32 Å². The van der Waals surface area contributed by atoms with Crippen LogP contribution in [0.25, 0.3) is 11.0 Å². The molecule has 18 heavy (non-hydrogen) atoms. The van der Waals surface area contributed by atoms with Crippen molar-refractivity contribution in [3.05, 3.63) is 35.8 Å². The lowest BCUT2D eigenvalue weighted by Crippen LogP contribution is -2.44. The van der Waals surface area contributed by atoms with Gasteiger partial charge >= 0.3 is 0 Å². The smallest absolute Gasteiger partial charge is 0.134 e. The average molecular weight is 251 g/mol. The van der Waals surface area contributed by atoms with E-state index in [1.54, 1.807) is 6.07 Å². The van der Waals surface area contributed by atoms with Gasteiger partial charge in [0.2, 0.25) is 0 Å². The van der Waals surface area contributed by atoms with Gasteiger partial charge in [0.05, 0.1) is 13.2 Å². The Morgan fingerprint density at radius 2 is 2.17 bits per heavy atom. The molecule has 1 heterocycles. The highest BCUT2D eigenvalue weighted by molar-refractivity contribution is 5.77. The third-order valence-corrected chi connectivity index (χ3v) is 3.35. The first-order valence-corrected chi connectivity index (χ1v) is 6.10. The number of benzene rings is 1. The second-order valence-corrected chi connectivity index (χ2v) is 4.82.